The molecule has 3 aromatic rings. The van der Waals surface area contributed by atoms with Crippen LogP contribution in [0.25, 0.3) is 16.3 Å². The SMILES string of the molecule is Cc1c(C(=O)NN2CCCC2)nn(-c2ccc(Cl)cc2Cl)c1-c1ccc(Br)s1. The third kappa shape index (κ3) is 3.86. The summed E-state index contributed by atoms with van der Waals surface area (Å²) in [5.74, 6) is -0.208. The summed E-state index contributed by atoms with van der Waals surface area (Å²) < 4.78 is 2.73. The van der Waals surface area contributed by atoms with Crippen LogP contribution in [0, 0.1) is 6.92 Å². The molecule has 2 aromatic heterocycles. The summed E-state index contributed by atoms with van der Waals surface area (Å²) in [7, 11) is 0. The van der Waals surface area contributed by atoms with Gasteiger partial charge in [0.05, 0.1) is 25.1 Å². The van der Waals surface area contributed by atoms with Gasteiger partial charge >= 0.3 is 0 Å². The van der Waals surface area contributed by atoms with E-state index in [-0.39, 0.29) is 5.91 Å². The molecule has 1 saturated heterocycles. The van der Waals surface area contributed by atoms with Crippen molar-refractivity contribution in [3.05, 3.63) is 55.4 Å². The second-order valence-corrected chi connectivity index (χ2v) is 9.88. The van der Waals surface area contributed by atoms with E-state index in [2.05, 4.69) is 26.5 Å². The molecule has 9 heteroatoms. The predicted octanol–water partition coefficient (Wildman–Crippen LogP) is 5.72. The molecule has 0 atom stereocenters. The van der Waals surface area contributed by atoms with Crippen molar-refractivity contribution in [2.24, 2.45) is 0 Å². The Morgan fingerprint density at radius 2 is 1.96 bits per heavy atom. The summed E-state index contributed by atoms with van der Waals surface area (Å²) in [6.07, 6.45) is 2.17. The minimum atomic E-state index is -0.208. The number of amides is 1. The minimum Gasteiger partial charge on any atom is -0.283 e. The first-order chi connectivity index (χ1) is 13.4. The average Bonchev–Trinajstić information content (AvgIpc) is 3.36. The van der Waals surface area contributed by atoms with Gasteiger partial charge in [0.25, 0.3) is 5.91 Å². The first-order valence-electron chi connectivity index (χ1n) is 8.80. The van der Waals surface area contributed by atoms with E-state index in [1.165, 1.54) is 0 Å². The second kappa shape index (κ2) is 8.16. The quantitative estimate of drug-likeness (QED) is 0.499. The van der Waals surface area contributed by atoms with Crippen LogP contribution in [0.5, 0.6) is 0 Å². The van der Waals surface area contributed by atoms with Gasteiger partial charge in [-0.05, 0) is 66.0 Å². The Morgan fingerprint density at radius 1 is 1.21 bits per heavy atom. The summed E-state index contributed by atoms with van der Waals surface area (Å²) in [6, 6.07) is 9.22. The van der Waals surface area contributed by atoms with Crippen LogP contribution in [0.3, 0.4) is 0 Å². The fourth-order valence-corrected chi connectivity index (χ4v) is 5.26. The van der Waals surface area contributed by atoms with Crippen molar-refractivity contribution in [1.29, 1.82) is 0 Å². The highest BCUT2D eigenvalue weighted by Gasteiger charge is 2.25. The van der Waals surface area contributed by atoms with E-state index in [0.29, 0.717) is 21.4 Å². The largest absolute Gasteiger partial charge is 0.286 e. The van der Waals surface area contributed by atoms with Crippen molar-refractivity contribution < 1.29 is 4.79 Å². The molecule has 0 bridgehead atoms. The lowest BCUT2D eigenvalue weighted by Gasteiger charge is -2.15. The van der Waals surface area contributed by atoms with Gasteiger partial charge in [-0.2, -0.15) is 5.10 Å². The van der Waals surface area contributed by atoms with Crippen LogP contribution in [0.1, 0.15) is 28.9 Å². The van der Waals surface area contributed by atoms with E-state index in [1.807, 2.05) is 30.1 Å². The number of thiophene rings is 1. The molecule has 1 fully saturated rings. The number of aromatic nitrogens is 2. The lowest BCUT2D eigenvalue weighted by Crippen LogP contribution is -2.40. The monoisotopic (exact) mass is 498 g/mol. The molecular weight excluding hydrogens is 483 g/mol. The number of nitrogens with zero attached hydrogens (tertiary/aromatic N) is 3. The number of hydrogen-bond donors (Lipinski definition) is 1. The lowest BCUT2D eigenvalue weighted by molar-refractivity contribution is 0.0819. The second-order valence-electron chi connectivity index (χ2n) is 6.57. The molecule has 5 nitrogen and oxygen atoms in total. The van der Waals surface area contributed by atoms with Crippen molar-refractivity contribution in [1.82, 2.24) is 20.2 Å². The fraction of sp³-hybridized carbons (Fsp3) is 0.263. The third-order valence-electron chi connectivity index (χ3n) is 4.65. The Balaban J connectivity index is 1.82. The molecular formula is C19H17BrCl2N4OS. The Bertz CT molecular complexity index is 1040. The average molecular weight is 500 g/mol. The van der Waals surface area contributed by atoms with E-state index >= 15 is 0 Å². The summed E-state index contributed by atoms with van der Waals surface area (Å²) in [5, 5.41) is 7.60. The van der Waals surface area contributed by atoms with Crippen LogP contribution in [0.2, 0.25) is 10.0 Å². The molecule has 0 saturated carbocycles. The highest BCUT2D eigenvalue weighted by molar-refractivity contribution is 9.11. The van der Waals surface area contributed by atoms with Crippen LogP contribution < -0.4 is 5.43 Å². The smallest absolute Gasteiger partial charge is 0.283 e. The number of rotatable bonds is 4. The molecule has 1 aromatic carbocycles. The molecule has 0 aliphatic carbocycles. The number of carbonyl (C=O) groups is 1. The van der Waals surface area contributed by atoms with E-state index in [9.17, 15) is 4.79 Å². The maximum atomic E-state index is 12.9. The number of hydrogen-bond acceptors (Lipinski definition) is 4. The first-order valence-corrected chi connectivity index (χ1v) is 11.2. The summed E-state index contributed by atoms with van der Waals surface area (Å²) in [6.45, 7) is 3.63. The summed E-state index contributed by atoms with van der Waals surface area (Å²) in [5.41, 5.74) is 5.67. The molecule has 28 heavy (non-hydrogen) atoms. The molecule has 4 rings (SSSR count). The van der Waals surface area contributed by atoms with Crippen molar-refractivity contribution >= 4 is 56.4 Å². The fourth-order valence-electron chi connectivity index (χ4n) is 3.30. The van der Waals surface area contributed by atoms with E-state index in [1.54, 1.807) is 28.2 Å². The molecule has 1 N–H and O–H groups in total. The maximum Gasteiger partial charge on any atom is 0.286 e. The third-order valence-corrected chi connectivity index (χ3v) is 6.82. The molecule has 0 radical (unpaired) electrons. The highest BCUT2D eigenvalue weighted by Crippen LogP contribution is 2.37. The van der Waals surface area contributed by atoms with Gasteiger partial charge in [-0.15, -0.1) is 11.3 Å². The van der Waals surface area contributed by atoms with Gasteiger partial charge in [0.15, 0.2) is 5.69 Å². The Kier molecular flexibility index (Phi) is 5.81. The zero-order valence-corrected chi connectivity index (χ0v) is 18.9. The van der Waals surface area contributed by atoms with Gasteiger partial charge in [0, 0.05) is 23.7 Å². The van der Waals surface area contributed by atoms with Crippen molar-refractivity contribution in [3.8, 4) is 16.3 Å². The molecule has 1 aliphatic rings. The summed E-state index contributed by atoms with van der Waals surface area (Å²) >= 11 is 17.6. The van der Waals surface area contributed by atoms with E-state index in [4.69, 9.17) is 23.2 Å². The van der Waals surface area contributed by atoms with Gasteiger partial charge in [-0.25, -0.2) is 9.69 Å². The van der Waals surface area contributed by atoms with Gasteiger partial charge in [0.1, 0.15) is 0 Å². The lowest BCUT2D eigenvalue weighted by atomic mass is 10.1. The number of hydrazine groups is 1. The van der Waals surface area contributed by atoms with Gasteiger partial charge in [-0.3, -0.25) is 10.2 Å². The molecule has 1 aliphatic heterocycles. The van der Waals surface area contributed by atoms with Crippen LogP contribution in [0.15, 0.2) is 34.1 Å². The zero-order valence-electron chi connectivity index (χ0n) is 15.0. The molecule has 146 valence electrons. The maximum absolute atomic E-state index is 12.9. The molecule has 1 amide bonds. The van der Waals surface area contributed by atoms with Gasteiger partial charge in [0.2, 0.25) is 0 Å². The zero-order chi connectivity index (χ0) is 19.8. The highest BCUT2D eigenvalue weighted by atomic mass is 79.9. The van der Waals surface area contributed by atoms with Crippen LogP contribution in [-0.4, -0.2) is 33.8 Å². The predicted molar refractivity (Wildman–Crippen MR) is 118 cm³/mol. The Hall–Kier alpha value is -1.38. The number of halogens is 3. The Morgan fingerprint density at radius 3 is 2.61 bits per heavy atom. The standard InChI is InChI=1S/C19H17BrCl2N4OS/c1-11-17(19(27)24-25-8-2-3-9-25)23-26(14-5-4-12(21)10-13(14)22)18(11)15-6-7-16(20)28-15/h4-7,10H,2-3,8-9H2,1H3,(H,24,27). The van der Waals surface area contributed by atoms with Crippen LogP contribution in [0.4, 0.5) is 0 Å². The van der Waals surface area contributed by atoms with Crippen molar-refractivity contribution in [2.45, 2.75) is 19.8 Å². The molecule has 3 heterocycles. The van der Waals surface area contributed by atoms with Gasteiger partial charge in [-0.1, -0.05) is 23.2 Å². The number of carbonyl (C=O) groups excluding carboxylic acids is 1. The first kappa shape index (κ1) is 19.9. The minimum absolute atomic E-state index is 0.208. The van der Waals surface area contributed by atoms with Crippen LogP contribution in [-0.2, 0) is 0 Å². The topological polar surface area (TPSA) is 50.2 Å². The van der Waals surface area contributed by atoms with Gasteiger partial charge < -0.3 is 0 Å². The number of benzene rings is 1. The van der Waals surface area contributed by atoms with Crippen molar-refractivity contribution in [3.63, 3.8) is 0 Å². The van der Waals surface area contributed by atoms with E-state index in [0.717, 1.165) is 45.9 Å². The van der Waals surface area contributed by atoms with Crippen LogP contribution >= 0.6 is 50.5 Å². The summed E-state index contributed by atoms with van der Waals surface area (Å²) in [4.78, 5) is 13.9. The molecule has 0 spiro atoms. The number of nitrogens with one attached hydrogen (secondary N) is 1. The normalized spacial score (nSPS) is 14.6. The Labute approximate surface area is 185 Å². The van der Waals surface area contributed by atoms with Crippen molar-refractivity contribution in [2.75, 3.05) is 13.1 Å². The van der Waals surface area contributed by atoms with E-state index < -0.39 is 0 Å². The molecule has 0 unspecified atom stereocenters.